The maximum absolute atomic E-state index is 13.0. The highest BCUT2D eigenvalue weighted by molar-refractivity contribution is 5.80. The Morgan fingerprint density at radius 3 is 2.46 bits per heavy atom. The second-order valence-corrected chi connectivity index (χ2v) is 6.47. The molecule has 0 fully saturated rings. The number of nitrogens with zero attached hydrogens (tertiary/aromatic N) is 2. The maximum Gasteiger partial charge on any atom is 0.198 e. The van der Waals surface area contributed by atoms with Crippen molar-refractivity contribution < 1.29 is 9.13 Å². The first-order valence-corrected chi connectivity index (χ1v) is 8.85. The van der Waals surface area contributed by atoms with Crippen LogP contribution in [-0.2, 0) is 6.61 Å². The summed E-state index contributed by atoms with van der Waals surface area (Å²) in [7, 11) is 0. The fourth-order valence-corrected chi connectivity index (χ4v) is 2.97. The van der Waals surface area contributed by atoms with Crippen LogP contribution in [0, 0.1) is 12.7 Å². The van der Waals surface area contributed by atoms with Crippen molar-refractivity contribution >= 4 is 5.95 Å². The van der Waals surface area contributed by atoms with Crippen LogP contribution in [-0.4, -0.2) is 15.0 Å². The van der Waals surface area contributed by atoms with E-state index in [2.05, 4.69) is 15.0 Å². The summed E-state index contributed by atoms with van der Waals surface area (Å²) in [6.07, 6.45) is 1.76. The van der Waals surface area contributed by atoms with E-state index in [4.69, 9.17) is 10.5 Å². The summed E-state index contributed by atoms with van der Waals surface area (Å²) in [6, 6.07) is 17.8. The SMILES string of the molecule is Cc1cc(-c2nc(N)[nH]c2-c2ccc(OCc3ccc(F)cc3)cc2)ccn1. The number of nitrogen functional groups attached to an aromatic ring is 1. The van der Waals surface area contributed by atoms with Gasteiger partial charge in [-0.05, 0) is 61.0 Å². The molecule has 140 valence electrons. The van der Waals surface area contributed by atoms with Crippen molar-refractivity contribution in [2.75, 3.05) is 5.73 Å². The Labute approximate surface area is 162 Å². The molecule has 0 saturated carbocycles. The minimum Gasteiger partial charge on any atom is -0.489 e. The van der Waals surface area contributed by atoms with Gasteiger partial charge in [-0.25, -0.2) is 9.37 Å². The van der Waals surface area contributed by atoms with Crippen molar-refractivity contribution in [3.8, 4) is 28.3 Å². The number of H-pyrrole nitrogens is 1. The summed E-state index contributed by atoms with van der Waals surface area (Å²) < 4.78 is 18.8. The molecule has 2 heterocycles. The van der Waals surface area contributed by atoms with Gasteiger partial charge in [-0.15, -0.1) is 0 Å². The third-order valence-electron chi connectivity index (χ3n) is 4.35. The van der Waals surface area contributed by atoms with Gasteiger partial charge in [0, 0.05) is 23.0 Å². The average Bonchev–Trinajstić information content (AvgIpc) is 3.10. The van der Waals surface area contributed by atoms with Crippen molar-refractivity contribution in [1.82, 2.24) is 15.0 Å². The quantitative estimate of drug-likeness (QED) is 0.529. The summed E-state index contributed by atoms with van der Waals surface area (Å²) in [5.41, 5.74) is 11.2. The molecule has 0 atom stereocenters. The number of imidazole rings is 1. The molecule has 0 saturated heterocycles. The number of anilines is 1. The Morgan fingerprint density at radius 1 is 1.00 bits per heavy atom. The average molecular weight is 374 g/mol. The predicted octanol–water partition coefficient (Wildman–Crippen LogP) is 4.75. The van der Waals surface area contributed by atoms with Crippen LogP contribution in [0.3, 0.4) is 0 Å². The van der Waals surface area contributed by atoms with E-state index < -0.39 is 0 Å². The highest BCUT2D eigenvalue weighted by Gasteiger charge is 2.13. The fourth-order valence-electron chi connectivity index (χ4n) is 2.97. The number of hydrogen-bond acceptors (Lipinski definition) is 4. The van der Waals surface area contributed by atoms with Crippen molar-refractivity contribution in [3.05, 3.63) is 83.9 Å². The summed E-state index contributed by atoms with van der Waals surface area (Å²) in [4.78, 5) is 11.8. The van der Waals surface area contributed by atoms with Crippen LogP contribution in [0.5, 0.6) is 5.75 Å². The number of halogens is 1. The van der Waals surface area contributed by atoms with Crippen molar-refractivity contribution in [2.45, 2.75) is 13.5 Å². The standard InChI is InChI=1S/C22H19FN4O/c1-14-12-17(10-11-25-14)21-20(26-22(24)27-21)16-4-8-19(9-5-16)28-13-15-2-6-18(23)7-3-15/h2-12H,13H2,1H3,(H3,24,26,27). The molecule has 0 bridgehead atoms. The number of benzene rings is 2. The molecular weight excluding hydrogens is 355 g/mol. The van der Waals surface area contributed by atoms with Gasteiger partial charge in [-0.1, -0.05) is 12.1 Å². The minimum atomic E-state index is -0.257. The van der Waals surface area contributed by atoms with Crippen LogP contribution in [0.15, 0.2) is 66.9 Å². The largest absolute Gasteiger partial charge is 0.489 e. The van der Waals surface area contributed by atoms with E-state index in [1.54, 1.807) is 18.3 Å². The van der Waals surface area contributed by atoms with Crippen LogP contribution in [0.25, 0.3) is 22.5 Å². The van der Waals surface area contributed by atoms with E-state index >= 15 is 0 Å². The Hall–Kier alpha value is -3.67. The molecule has 0 aliphatic heterocycles. The molecule has 0 spiro atoms. The molecule has 4 rings (SSSR count). The van der Waals surface area contributed by atoms with Gasteiger partial charge >= 0.3 is 0 Å². The number of nitrogens with two attached hydrogens (primary N) is 1. The lowest BCUT2D eigenvalue weighted by Crippen LogP contribution is -1.95. The molecule has 0 aliphatic rings. The highest BCUT2D eigenvalue weighted by atomic mass is 19.1. The first-order valence-electron chi connectivity index (χ1n) is 8.85. The number of aryl methyl sites for hydroxylation is 1. The summed E-state index contributed by atoms with van der Waals surface area (Å²) in [6.45, 7) is 2.31. The van der Waals surface area contributed by atoms with Crippen molar-refractivity contribution in [2.24, 2.45) is 0 Å². The topological polar surface area (TPSA) is 76.8 Å². The lowest BCUT2D eigenvalue weighted by Gasteiger charge is -2.08. The van der Waals surface area contributed by atoms with E-state index in [-0.39, 0.29) is 5.82 Å². The van der Waals surface area contributed by atoms with Crippen LogP contribution in [0.1, 0.15) is 11.3 Å². The molecule has 5 nitrogen and oxygen atoms in total. The predicted molar refractivity (Wildman–Crippen MR) is 107 cm³/mol. The summed E-state index contributed by atoms with van der Waals surface area (Å²) in [5.74, 6) is 0.824. The monoisotopic (exact) mass is 374 g/mol. The lowest BCUT2D eigenvalue weighted by molar-refractivity contribution is 0.306. The number of aromatic nitrogens is 3. The molecule has 0 aliphatic carbocycles. The van der Waals surface area contributed by atoms with Crippen LogP contribution < -0.4 is 10.5 Å². The van der Waals surface area contributed by atoms with E-state index in [9.17, 15) is 4.39 Å². The Kier molecular flexibility index (Phi) is 4.76. The Bertz CT molecular complexity index is 1090. The van der Waals surface area contributed by atoms with E-state index in [1.807, 2.05) is 43.3 Å². The summed E-state index contributed by atoms with van der Waals surface area (Å²) in [5, 5.41) is 0. The van der Waals surface area contributed by atoms with Gasteiger partial charge in [-0.3, -0.25) is 4.98 Å². The van der Waals surface area contributed by atoms with Crippen molar-refractivity contribution in [1.29, 1.82) is 0 Å². The van der Waals surface area contributed by atoms with Gasteiger partial charge in [0.15, 0.2) is 5.95 Å². The molecule has 2 aromatic carbocycles. The summed E-state index contributed by atoms with van der Waals surface area (Å²) >= 11 is 0. The number of ether oxygens (including phenoxy) is 1. The number of pyridine rings is 1. The highest BCUT2D eigenvalue weighted by Crippen LogP contribution is 2.32. The fraction of sp³-hybridized carbons (Fsp3) is 0.0909. The van der Waals surface area contributed by atoms with E-state index in [1.165, 1.54) is 12.1 Å². The molecule has 4 aromatic rings. The lowest BCUT2D eigenvalue weighted by atomic mass is 10.1. The second kappa shape index (κ2) is 7.52. The number of nitrogens with one attached hydrogen (secondary N) is 1. The Morgan fingerprint density at radius 2 is 1.75 bits per heavy atom. The number of hydrogen-bond donors (Lipinski definition) is 2. The van der Waals surface area contributed by atoms with Gasteiger partial charge in [0.05, 0.1) is 11.4 Å². The maximum atomic E-state index is 13.0. The van der Waals surface area contributed by atoms with E-state index in [0.29, 0.717) is 12.6 Å². The van der Waals surface area contributed by atoms with Gasteiger partial charge in [0.1, 0.15) is 18.2 Å². The van der Waals surface area contributed by atoms with Gasteiger partial charge in [0.25, 0.3) is 0 Å². The zero-order valence-electron chi connectivity index (χ0n) is 15.3. The number of aromatic amines is 1. The third kappa shape index (κ3) is 3.86. The molecule has 6 heteroatoms. The molecule has 0 unspecified atom stereocenters. The van der Waals surface area contributed by atoms with Crippen molar-refractivity contribution in [3.63, 3.8) is 0 Å². The molecular formula is C22H19FN4O. The smallest absolute Gasteiger partial charge is 0.198 e. The zero-order chi connectivity index (χ0) is 19.5. The molecule has 0 amide bonds. The number of rotatable bonds is 5. The van der Waals surface area contributed by atoms with E-state index in [0.717, 1.165) is 39.5 Å². The van der Waals surface area contributed by atoms with Gasteiger partial charge < -0.3 is 15.5 Å². The van der Waals surface area contributed by atoms with Gasteiger partial charge in [-0.2, -0.15) is 0 Å². The third-order valence-corrected chi connectivity index (χ3v) is 4.35. The zero-order valence-corrected chi connectivity index (χ0v) is 15.3. The van der Waals surface area contributed by atoms with Crippen LogP contribution in [0.2, 0.25) is 0 Å². The Balaban J connectivity index is 1.55. The molecule has 28 heavy (non-hydrogen) atoms. The van der Waals surface area contributed by atoms with Gasteiger partial charge in [0.2, 0.25) is 0 Å². The molecule has 0 radical (unpaired) electrons. The normalized spacial score (nSPS) is 10.8. The first-order chi connectivity index (χ1) is 13.6. The van der Waals surface area contributed by atoms with Crippen LogP contribution in [0.4, 0.5) is 10.3 Å². The van der Waals surface area contributed by atoms with Crippen LogP contribution >= 0.6 is 0 Å². The second-order valence-electron chi connectivity index (χ2n) is 6.47. The minimum absolute atomic E-state index is 0.257. The molecule has 3 N–H and O–H groups in total. The first kappa shape index (κ1) is 17.7. The molecule has 2 aromatic heterocycles.